The van der Waals surface area contributed by atoms with Crippen LogP contribution in [-0.2, 0) is 12.8 Å². The van der Waals surface area contributed by atoms with Gasteiger partial charge in [0.25, 0.3) is 0 Å². The maximum atomic E-state index is 10.4. The third kappa shape index (κ3) is 7.41. The molecule has 5 heteroatoms. The van der Waals surface area contributed by atoms with E-state index in [4.69, 9.17) is 0 Å². The number of aryl methyl sites for hydroxylation is 2. The Kier molecular flexibility index (Phi) is 10.1. The minimum Gasteiger partial charge on any atom is -0.545 e. The van der Waals surface area contributed by atoms with Crippen molar-refractivity contribution in [3.8, 4) is 0 Å². The fraction of sp³-hybridized carbons (Fsp3) is 0.222. The number of carbonyl (C=O) groups is 2. The molecule has 0 N–H and O–H groups in total. The van der Waals surface area contributed by atoms with Crippen LogP contribution in [-0.4, -0.2) is 39.2 Å². The van der Waals surface area contributed by atoms with Crippen LogP contribution in [0.2, 0.25) is 0 Å². The molecular weight excluding hydrogens is 487 g/mol. The Labute approximate surface area is 156 Å². The van der Waals surface area contributed by atoms with Crippen molar-refractivity contribution in [3.05, 3.63) is 70.8 Å². The SMILES string of the molecule is CCc1cccc(C(=O)[O-])c1.CCc1cccc(C(=O)[O-])c1.[Pb+2]. The molecule has 23 heavy (non-hydrogen) atoms. The summed E-state index contributed by atoms with van der Waals surface area (Å²) in [5.41, 5.74) is 2.55. The Balaban J connectivity index is 0.000000403. The number of carboxylic acid groups (broad SMARTS) is 2. The minimum atomic E-state index is -1.11. The first kappa shape index (κ1) is 21.3. The quantitative estimate of drug-likeness (QED) is 0.577. The van der Waals surface area contributed by atoms with Gasteiger partial charge in [0, 0.05) is 0 Å². The van der Waals surface area contributed by atoms with Crippen LogP contribution in [0.15, 0.2) is 48.5 Å². The number of benzene rings is 2. The zero-order valence-electron chi connectivity index (χ0n) is 13.2. The van der Waals surface area contributed by atoms with Crippen molar-refractivity contribution >= 4 is 39.2 Å². The van der Waals surface area contributed by atoms with Gasteiger partial charge in [-0.2, -0.15) is 0 Å². The number of rotatable bonds is 4. The van der Waals surface area contributed by atoms with E-state index in [2.05, 4.69) is 0 Å². The van der Waals surface area contributed by atoms with E-state index >= 15 is 0 Å². The summed E-state index contributed by atoms with van der Waals surface area (Å²) < 4.78 is 0. The number of hydrogen-bond donors (Lipinski definition) is 0. The van der Waals surface area contributed by atoms with Crippen LogP contribution in [0, 0.1) is 0 Å². The van der Waals surface area contributed by atoms with Crippen molar-refractivity contribution in [1.29, 1.82) is 0 Å². The molecule has 0 amide bonds. The van der Waals surface area contributed by atoms with Gasteiger partial charge >= 0.3 is 27.3 Å². The molecule has 0 aliphatic carbocycles. The average Bonchev–Trinajstić information content (AvgIpc) is 2.55. The molecule has 0 saturated carbocycles. The molecule has 0 bridgehead atoms. The summed E-state index contributed by atoms with van der Waals surface area (Å²) in [6.07, 6.45) is 1.70. The molecule has 0 fully saturated rings. The monoisotopic (exact) mass is 506 g/mol. The van der Waals surface area contributed by atoms with Crippen LogP contribution in [0.25, 0.3) is 0 Å². The standard InChI is InChI=1S/2C9H10O2.Pb/c2*1-2-7-4-3-5-8(6-7)9(10)11;/h2*3-6H,2H2,1H3,(H,10,11);/q;;+2/p-2. The molecule has 4 nitrogen and oxygen atoms in total. The molecule has 0 saturated heterocycles. The third-order valence-corrected chi connectivity index (χ3v) is 3.14. The van der Waals surface area contributed by atoms with E-state index in [9.17, 15) is 19.8 Å². The molecule has 2 aromatic carbocycles. The van der Waals surface area contributed by atoms with Crippen molar-refractivity contribution in [2.45, 2.75) is 26.7 Å². The minimum absolute atomic E-state index is 0. The van der Waals surface area contributed by atoms with Crippen molar-refractivity contribution in [1.82, 2.24) is 0 Å². The maximum absolute atomic E-state index is 10.4. The summed E-state index contributed by atoms with van der Waals surface area (Å²) in [5, 5.41) is 20.7. The van der Waals surface area contributed by atoms with Gasteiger partial charge in [-0.1, -0.05) is 50.2 Å². The van der Waals surface area contributed by atoms with E-state index in [0.717, 1.165) is 24.0 Å². The Morgan fingerprint density at radius 3 is 1.39 bits per heavy atom. The van der Waals surface area contributed by atoms with Crippen LogP contribution >= 0.6 is 0 Å². The zero-order chi connectivity index (χ0) is 16.5. The van der Waals surface area contributed by atoms with Crippen LogP contribution in [0.5, 0.6) is 0 Å². The first-order valence-corrected chi connectivity index (χ1v) is 7.08. The Morgan fingerprint density at radius 1 is 0.783 bits per heavy atom. The molecule has 0 aliphatic heterocycles. The molecule has 0 aliphatic rings. The summed E-state index contributed by atoms with van der Waals surface area (Å²) >= 11 is 0. The van der Waals surface area contributed by atoms with Gasteiger partial charge < -0.3 is 19.8 Å². The molecule has 118 valence electrons. The van der Waals surface area contributed by atoms with Gasteiger partial charge in [0.05, 0.1) is 11.9 Å². The second-order valence-electron chi connectivity index (χ2n) is 4.68. The van der Waals surface area contributed by atoms with Crippen LogP contribution in [0.3, 0.4) is 0 Å². The molecule has 2 aromatic rings. The Bertz CT molecular complexity index is 595. The van der Waals surface area contributed by atoms with Gasteiger partial charge in [0.2, 0.25) is 0 Å². The Hall–Kier alpha value is -1.70. The maximum Gasteiger partial charge on any atom is 2.00 e. The van der Waals surface area contributed by atoms with Gasteiger partial charge in [0.15, 0.2) is 0 Å². The zero-order valence-corrected chi connectivity index (χ0v) is 17.1. The van der Waals surface area contributed by atoms with E-state index in [-0.39, 0.29) is 38.4 Å². The topological polar surface area (TPSA) is 80.3 Å². The van der Waals surface area contributed by atoms with Gasteiger partial charge in [-0.25, -0.2) is 0 Å². The molecule has 2 radical (unpaired) electrons. The van der Waals surface area contributed by atoms with E-state index in [0.29, 0.717) is 0 Å². The van der Waals surface area contributed by atoms with Crippen molar-refractivity contribution < 1.29 is 19.8 Å². The molecule has 2 rings (SSSR count). The van der Waals surface area contributed by atoms with Crippen molar-refractivity contribution in [2.75, 3.05) is 0 Å². The van der Waals surface area contributed by atoms with Gasteiger partial charge in [-0.3, -0.25) is 0 Å². The second-order valence-corrected chi connectivity index (χ2v) is 4.68. The number of hydrogen-bond acceptors (Lipinski definition) is 4. The third-order valence-electron chi connectivity index (χ3n) is 3.14. The molecule has 0 heterocycles. The van der Waals surface area contributed by atoms with Gasteiger partial charge in [-0.15, -0.1) is 0 Å². The van der Waals surface area contributed by atoms with Crippen molar-refractivity contribution in [3.63, 3.8) is 0 Å². The van der Waals surface area contributed by atoms with E-state index in [1.54, 1.807) is 24.3 Å². The first-order valence-electron chi connectivity index (χ1n) is 7.08. The first-order chi connectivity index (χ1) is 10.5. The summed E-state index contributed by atoms with van der Waals surface area (Å²) in [6.45, 7) is 3.96. The summed E-state index contributed by atoms with van der Waals surface area (Å²) in [6, 6.07) is 13.6. The van der Waals surface area contributed by atoms with E-state index < -0.39 is 11.9 Å². The number of carbonyl (C=O) groups excluding carboxylic acids is 2. The molecular formula is C18H18O4Pb. The predicted molar refractivity (Wildman–Crippen MR) is 86.1 cm³/mol. The van der Waals surface area contributed by atoms with Gasteiger partial charge in [0.1, 0.15) is 0 Å². The smallest absolute Gasteiger partial charge is 0.545 e. The van der Waals surface area contributed by atoms with E-state index in [1.165, 1.54) is 12.1 Å². The summed E-state index contributed by atoms with van der Waals surface area (Å²) in [5.74, 6) is -2.22. The Morgan fingerprint density at radius 2 is 1.13 bits per heavy atom. The largest absolute Gasteiger partial charge is 2.00 e. The molecule has 0 spiro atoms. The summed E-state index contributed by atoms with van der Waals surface area (Å²) in [4.78, 5) is 20.7. The van der Waals surface area contributed by atoms with Crippen LogP contribution < -0.4 is 10.2 Å². The van der Waals surface area contributed by atoms with Crippen LogP contribution in [0.1, 0.15) is 45.7 Å². The van der Waals surface area contributed by atoms with E-state index in [1.807, 2.05) is 26.0 Å². The normalized spacial score (nSPS) is 9.13. The predicted octanol–water partition coefficient (Wildman–Crippen LogP) is 0.844. The fourth-order valence-electron chi connectivity index (χ4n) is 1.84. The number of aromatic carboxylic acids is 2. The number of carboxylic acids is 2. The fourth-order valence-corrected chi connectivity index (χ4v) is 1.84. The molecule has 0 aromatic heterocycles. The van der Waals surface area contributed by atoms with Gasteiger partial charge in [-0.05, 0) is 47.2 Å². The van der Waals surface area contributed by atoms with Crippen LogP contribution in [0.4, 0.5) is 0 Å². The molecule has 0 atom stereocenters. The average molecular weight is 506 g/mol. The van der Waals surface area contributed by atoms with Crippen molar-refractivity contribution in [2.24, 2.45) is 0 Å². The summed E-state index contributed by atoms with van der Waals surface area (Å²) in [7, 11) is 0. The molecule has 0 unspecified atom stereocenters. The second kappa shape index (κ2) is 10.9.